The van der Waals surface area contributed by atoms with Gasteiger partial charge < -0.3 is 60.4 Å². The third-order valence-corrected chi connectivity index (χ3v) is 19.8. The zero-order chi connectivity index (χ0) is 66.1. The van der Waals surface area contributed by atoms with Gasteiger partial charge in [0.05, 0.1) is 47.4 Å². The molecule has 8 atom stereocenters. The van der Waals surface area contributed by atoms with Crippen LogP contribution in [0.4, 0.5) is 0 Å². The largest absolute Gasteiger partial charge is 0.493 e. The summed E-state index contributed by atoms with van der Waals surface area (Å²) in [6.45, 7) is 13.4. The maximum atomic E-state index is 14.8. The van der Waals surface area contributed by atoms with Gasteiger partial charge in [-0.3, -0.25) is 28.8 Å². The number of fused-ring (bicyclic) bond motifs is 1. The number of rotatable bonds is 36. The summed E-state index contributed by atoms with van der Waals surface area (Å²) in [4.78, 5) is 91.9. The summed E-state index contributed by atoms with van der Waals surface area (Å²) in [5.41, 5.74) is 6.52. The Morgan fingerprint density at radius 1 is 0.699 bits per heavy atom. The van der Waals surface area contributed by atoms with Crippen molar-refractivity contribution in [3.8, 4) is 21.9 Å². The van der Waals surface area contributed by atoms with Crippen LogP contribution in [-0.4, -0.2) is 151 Å². The topological polar surface area (TPSA) is 239 Å². The molecule has 2 aliphatic heterocycles. The number of β-amino-alcohol motifs (C(OH)–C–C–N with tert-alkyl or cyclic N) is 1. The lowest BCUT2D eigenvalue weighted by Crippen LogP contribution is -2.58. The number of likely N-dealkylation sites (tertiary alicyclic amines) is 2. The number of carbonyl (C=O) groups excluding carboxylic acids is 6. The number of aryl methyl sites for hydroxylation is 2. The average molecular weight is 1300 g/mol. The van der Waals surface area contributed by atoms with Gasteiger partial charge in [-0.15, -0.1) is 11.3 Å². The Morgan fingerprint density at radius 2 is 1.34 bits per heavy atom. The average Bonchev–Trinajstić information content (AvgIpc) is 1.74. The van der Waals surface area contributed by atoms with Gasteiger partial charge in [0.1, 0.15) is 41.8 Å². The van der Waals surface area contributed by atoms with E-state index in [2.05, 4.69) is 43.7 Å². The lowest BCUT2D eigenvalue weighted by Gasteiger charge is -2.35. The van der Waals surface area contributed by atoms with Crippen molar-refractivity contribution < 1.29 is 52.8 Å². The molecule has 93 heavy (non-hydrogen) atoms. The Morgan fingerprint density at radius 3 is 2.01 bits per heavy atom. The molecule has 4 aromatic rings. The van der Waals surface area contributed by atoms with E-state index in [1.165, 1.54) is 10.5 Å². The van der Waals surface area contributed by atoms with E-state index in [4.69, 9.17) is 18.9 Å². The van der Waals surface area contributed by atoms with Gasteiger partial charge in [0.15, 0.2) is 0 Å². The van der Waals surface area contributed by atoms with E-state index in [0.29, 0.717) is 44.2 Å². The van der Waals surface area contributed by atoms with Crippen molar-refractivity contribution in [1.29, 1.82) is 0 Å². The van der Waals surface area contributed by atoms with E-state index in [1.54, 1.807) is 30.2 Å². The van der Waals surface area contributed by atoms with Gasteiger partial charge in [-0.25, -0.2) is 4.98 Å². The first-order valence-corrected chi connectivity index (χ1v) is 35.6. The first-order valence-electron chi connectivity index (χ1n) is 34.7. The van der Waals surface area contributed by atoms with E-state index >= 15 is 0 Å². The lowest BCUT2D eigenvalue weighted by molar-refractivity contribution is -0.144. The number of aliphatic hydroxyl groups is 1. The number of aliphatic hydroxyl groups excluding tert-OH is 1. The van der Waals surface area contributed by atoms with Crippen molar-refractivity contribution in [2.45, 2.75) is 231 Å². The number of nitrogens with one attached hydrogen (secondary N) is 5. The molecule has 2 aliphatic carbocycles. The molecular formula is C73H106N8O11S. The molecule has 2 saturated heterocycles. The number of amides is 6. The third-order valence-electron chi connectivity index (χ3n) is 18.8. The first kappa shape index (κ1) is 72.4. The molecule has 19 nitrogen and oxygen atoms in total. The molecule has 0 unspecified atom stereocenters. The summed E-state index contributed by atoms with van der Waals surface area (Å²) in [7, 11) is 1.73. The zero-order valence-corrected chi connectivity index (χ0v) is 57.0. The number of benzene rings is 3. The van der Waals surface area contributed by atoms with Gasteiger partial charge in [0.2, 0.25) is 35.4 Å². The molecule has 1 saturated carbocycles. The van der Waals surface area contributed by atoms with Gasteiger partial charge in [-0.2, -0.15) is 0 Å². The second kappa shape index (κ2) is 37.0. The molecule has 3 aromatic carbocycles. The van der Waals surface area contributed by atoms with Crippen molar-refractivity contribution in [3.05, 3.63) is 101 Å². The van der Waals surface area contributed by atoms with Crippen LogP contribution in [0.2, 0.25) is 0 Å². The number of unbranched alkanes of at least 4 members (excludes halogenated alkanes) is 8. The quantitative estimate of drug-likeness (QED) is 0.0233. The van der Waals surface area contributed by atoms with E-state index in [-0.39, 0.29) is 79.9 Å². The molecule has 8 rings (SSSR count). The monoisotopic (exact) mass is 1300 g/mol. The highest BCUT2D eigenvalue weighted by atomic mass is 32.1. The first-order chi connectivity index (χ1) is 45.0. The number of hydrogen-bond donors (Lipinski definition) is 6. The fourth-order valence-corrected chi connectivity index (χ4v) is 14.1. The van der Waals surface area contributed by atoms with Crippen LogP contribution in [0.5, 0.6) is 11.5 Å². The van der Waals surface area contributed by atoms with Gasteiger partial charge in [-0.05, 0) is 144 Å². The van der Waals surface area contributed by atoms with Crippen molar-refractivity contribution in [2.75, 3.05) is 53.2 Å². The van der Waals surface area contributed by atoms with Gasteiger partial charge in [0.25, 0.3) is 0 Å². The number of carbonyl (C=O) groups is 6. The van der Waals surface area contributed by atoms with Crippen LogP contribution in [0, 0.1) is 18.3 Å². The van der Waals surface area contributed by atoms with E-state index in [9.17, 15) is 33.9 Å². The normalized spacial score (nSPS) is 20.1. The maximum Gasteiger partial charge on any atom is 0.246 e. The highest BCUT2D eigenvalue weighted by Crippen LogP contribution is 2.35. The number of aromatic nitrogens is 1. The number of hydrogen-bond acceptors (Lipinski definition) is 14. The minimum Gasteiger partial charge on any atom is -0.493 e. The van der Waals surface area contributed by atoms with Crippen LogP contribution in [0.15, 0.2) is 78.3 Å². The third kappa shape index (κ3) is 22.1. The van der Waals surface area contributed by atoms with E-state index in [0.717, 1.165) is 156 Å². The number of likely N-dealkylation sites (N-methyl/N-ethyl adjacent to an activating group) is 1. The Bertz CT molecular complexity index is 3000. The number of nitrogens with zero attached hydrogens (tertiary/aromatic N) is 3. The van der Waals surface area contributed by atoms with E-state index < -0.39 is 47.8 Å². The van der Waals surface area contributed by atoms with Crippen molar-refractivity contribution in [2.24, 2.45) is 11.3 Å². The lowest BCUT2D eigenvalue weighted by atomic mass is 9.83. The fraction of sp³-hybridized carbons (Fsp3) is 0.630. The zero-order valence-electron chi connectivity index (χ0n) is 56.2. The molecule has 510 valence electrons. The summed E-state index contributed by atoms with van der Waals surface area (Å²) < 4.78 is 24.6. The standard InChI is InChI=1S/C73H106N8O11S/c1-50-66(93-49-76-50)55-36-34-52(35-37-55)46-75-69(85)62-43-56(82)47-80(62)72(88)67(73(3,4)5)78-64(83)33-15-12-21-41-90-39-19-8-7-18-38-89-40-20-9-10-22-42-91-57-29-24-30-58(44-57)92-59-45-63(70(86)77-61-32-23-28-53-25-16-17-31-60(53)61)81(48-59)71(87)65(54-26-13-11-14-27-54)79-68(84)51(2)74-6/h16-17,24-25,29-31,34-37,44,49,51,54,56,59,61-63,65,67,74,82H,7-15,18-23,26-28,32-33,38-43,45-48H2,1-6H3,(H,75,85)(H,77,86)(H,78,83)(H,79,84)/t51-,56+,59-,61+,62-,63-,65-,67+/m0/s1. The number of ether oxygens (including phenoxy) is 4. The highest BCUT2D eigenvalue weighted by molar-refractivity contribution is 7.13. The summed E-state index contributed by atoms with van der Waals surface area (Å²) in [5.74, 6) is -0.258. The molecule has 3 heterocycles. The predicted octanol–water partition coefficient (Wildman–Crippen LogP) is 10.2. The van der Waals surface area contributed by atoms with Crippen LogP contribution in [0.3, 0.4) is 0 Å². The Labute approximate surface area is 556 Å². The molecule has 0 radical (unpaired) electrons. The molecule has 6 amide bonds. The second-order valence-electron chi connectivity index (χ2n) is 27.2. The maximum absolute atomic E-state index is 14.8. The Hall–Kier alpha value is -6.45. The SMILES string of the molecule is CN[C@@H](C)C(=O)N[C@H](C(=O)N1C[C@@H](Oc2cccc(OCCCCCCOCCCCCCOCCCCCC(=O)N[C@H](C(=O)N3C[C@H](O)C[C@H]3C(=O)NCc3ccc(-c4scnc4C)cc3)C(C)(C)C)c2)C[C@H]1C(=O)N[C@@H]1CCCc2ccccc21)C1CCCCC1. The second-order valence-corrected chi connectivity index (χ2v) is 28.0. The van der Waals surface area contributed by atoms with Crippen LogP contribution in [-0.2, 0) is 51.2 Å². The van der Waals surface area contributed by atoms with Gasteiger partial charge in [-0.1, -0.05) is 120 Å². The minimum absolute atomic E-state index is 0.0111. The molecule has 1 aromatic heterocycles. The number of thiazole rings is 1. The van der Waals surface area contributed by atoms with Crippen molar-refractivity contribution in [3.63, 3.8) is 0 Å². The van der Waals surface area contributed by atoms with Gasteiger partial charge in [0, 0.05) is 64.8 Å². The van der Waals surface area contributed by atoms with Crippen molar-refractivity contribution >= 4 is 46.8 Å². The molecule has 0 bridgehead atoms. The molecule has 3 fully saturated rings. The van der Waals surface area contributed by atoms with Crippen LogP contribution < -0.4 is 36.1 Å². The van der Waals surface area contributed by atoms with Crippen LogP contribution in [0.25, 0.3) is 10.4 Å². The van der Waals surface area contributed by atoms with Gasteiger partial charge >= 0.3 is 0 Å². The summed E-state index contributed by atoms with van der Waals surface area (Å²) in [6, 6.07) is 20.0. The van der Waals surface area contributed by atoms with Crippen LogP contribution in [0.1, 0.15) is 191 Å². The Kier molecular flexibility index (Phi) is 28.8. The summed E-state index contributed by atoms with van der Waals surface area (Å²) >= 11 is 1.58. The molecule has 0 spiro atoms. The molecule has 20 heteroatoms. The molecular weight excluding hydrogens is 1200 g/mol. The molecule has 4 aliphatic rings. The summed E-state index contributed by atoms with van der Waals surface area (Å²) in [6.07, 6.45) is 17.5. The fourth-order valence-electron chi connectivity index (χ4n) is 13.3. The minimum atomic E-state index is -0.862. The summed E-state index contributed by atoms with van der Waals surface area (Å²) in [5, 5.41) is 26.0. The predicted molar refractivity (Wildman–Crippen MR) is 362 cm³/mol. The molecule has 6 N–H and O–H groups in total. The smallest absolute Gasteiger partial charge is 0.246 e. The Balaban J connectivity index is 0.649. The highest BCUT2D eigenvalue weighted by Gasteiger charge is 2.47. The van der Waals surface area contributed by atoms with Crippen LogP contribution >= 0.6 is 11.3 Å². The van der Waals surface area contributed by atoms with Crippen molar-refractivity contribution in [1.82, 2.24) is 41.4 Å². The van der Waals surface area contributed by atoms with E-state index in [1.807, 2.05) is 93.9 Å².